The van der Waals surface area contributed by atoms with Crippen LogP contribution in [0.5, 0.6) is 0 Å². The molecule has 1 aromatic heterocycles. The van der Waals surface area contributed by atoms with Gasteiger partial charge in [0.25, 0.3) is 0 Å². The Morgan fingerprint density at radius 2 is 1.36 bits per heavy atom. The number of benzene rings is 3. The molecule has 0 atom stereocenters. The summed E-state index contributed by atoms with van der Waals surface area (Å²) in [5, 5.41) is 11.0. The molecule has 0 radical (unpaired) electrons. The monoisotopic (exact) mass is 404 g/mol. The first-order valence-electron chi connectivity index (χ1n) is 8.72. The lowest BCUT2D eigenvalue weighted by atomic mass is 10.2. The minimum Gasteiger partial charge on any atom is -0.331 e. The summed E-state index contributed by atoms with van der Waals surface area (Å²) in [7, 11) is 0. The Hall–Kier alpha value is -3.15. The van der Waals surface area contributed by atoms with E-state index in [1.165, 1.54) is 11.3 Å². The minimum absolute atomic E-state index is 0.424. The van der Waals surface area contributed by atoms with Crippen molar-refractivity contribution in [3.05, 3.63) is 101 Å². The van der Waals surface area contributed by atoms with Crippen molar-refractivity contribution in [2.75, 3.05) is 10.3 Å². The maximum atomic E-state index is 6.34. The number of hydrogen-bond acceptors (Lipinski definition) is 5. The van der Waals surface area contributed by atoms with E-state index in [9.17, 15) is 0 Å². The maximum absolute atomic E-state index is 6.34. The number of aromatic nitrogens is 1. The first-order chi connectivity index (χ1) is 13.8. The van der Waals surface area contributed by atoms with Crippen molar-refractivity contribution >= 4 is 51.3 Å². The Morgan fingerprint density at radius 3 is 1.93 bits per heavy atom. The lowest BCUT2D eigenvalue weighted by molar-refractivity contribution is 1.09. The van der Waals surface area contributed by atoms with Gasteiger partial charge in [0.05, 0.1) is 22.5 Å². The van der Waals surface area contributed by atoms with Gasteiger partial charge in [0.15, 0.2) is 10.3 Å². The molecule has 28 heavy (non-hydrogen) atoms. The normalized spacial score (nSPS) is 10.9. The molecule has 0 unspecified atom stereocenters. The van der Waals surface area contributed by atoms with Gasteiger partial charge in [-0.3, -0.25) is 0 Å². The Morgan fingerprint density at radius 1 is 0.821 bits per heavy atom. The van der Waals surface area contributed by atoms with Crippen molar-refractivity contribution in [1.82, 2.24) is 4.98 Å². The van der Waals surface area contributed by atoms with Gasteiger partial charge >= 0.3 is 0 Å². The molecule has 0 aliphatic rings. The van der Waals surface area contributed by atoms with Crippen LogP contribution in [0.25, 0.3) is 0 Å². The SMILES string of the molecule is Clc1nc(Nc2ccccc2)sc1/C=N/N(c1ccccc1)c1ccccc1. The van der Waals surface area contributed by atoms with Crippen molar-refractivity contribution in [3.63, 3.8) is 0 Å². The zero-order chi connectivity index (χ0) is 19.2. The molecule has 4 rings (SSSR count). The fraction of sp³-hybridized carbons (Fsp3) is 0. The first kappa shape index (κ1) is 18.2. The fourth-order valence-electron chi connectivity index (χ4n) is 2.62. The van der Waals surface area contributed by atoms with Crippen molar-refractivity contribution in [2.24, 2.45) is 5.10 Å². The van der Waals surface area contributed by atoms with E-state index >= 15 is 0 Å². The van der Waals surface area contributed by atoms with Crippen LogP contribution in [0.2, 0.25) is 5.15 Å². The Bertz CT molecular complexity index is 1010. The van der Waals surface area contributed by atoms with Gasteiger partial charge in [0.2, 0.25) is 0 Å². The molecule has 0 saturated heterocycles. The van der Waals surface area contributed by atoms with Gasteiger partial charge in [-0.15, -0.1) is 0 Å². The average molecular weight is 405 g/mol. The molecule has 6 heteroatoms. The van der Waals surface area contributed by atoms with Crippen LogP contribution in [0.3, 0.4) is 0 Å². The molecular weight excluding hydrogens is 388 g/mol. The summed E-state index contributed by atoms with van der Waals surface area (Å²) in [6, 6.07) is 29.9. The van der Waals surface area contributed by atoms with Crippen molar-refractivity contribution in [1.29, 1.82) is 0 Å². The molecule has 1 N–H and O–H groups in total. The molecule has 0 aliphatic heterocycles. The third-order valence-electron chi connectivity index (χ3n) is 3.93. The maximum Gasteiger partial charge on any atom is 0.189 e. The molecule has 0 amide bonds. The number of nitrogens with one attached hydrogen (secondary N) is 1. The van der Waals surface area contributed by atoms with Crippen molar-refractivity contribution in [2.45, 2.75) is 0 Å². The van der Waals surface area contributed by atoms with E-state index in [4.69, 9.17) is 11.6 Å². The summed E-state index contributed by atoms with van der Waals surface area (Å²) in [5.41, 5.74) is 2.90. The number of nitrogens with zero attached hydrogens (tertiary/aromatic N) is 3. The van der Waals surface area contributed by atoms with Crippen LogP contribution < -0.4 is 10.3 Å². The van der Waals surface area contributed by atoms with E-state index < -0.39 is 0 Å². The number of halogens is 1. The Labute approximate surface area is 172 Å². The number of para-hydroxylation sites is 3. The number of thiazole rings is 1. The lowest BCUT2D eigenvalue weighted by Crippen LogP contribution is -2.08. The number of anilines is 4. The number of rotatable bonds is 6. The zero-order valence-electron chi connectivity index (χ0n) is 14.9. The molecule has 0 fully saturated rings. The standard InChI is InChI=1S/C22H17ClN4S/c23-21-20(28-22(26-21)25-17-10-4-1-5-11-17)16-24-27(18-12-6-2-7-13-18)19-14-8-3-9-15-19/h1-16H,(H,25,26)/b24-16+. The Balaban J connectivity index is 1.60. The highest BCUT2D eigenvalue weighted by Crippen LogP contribution is 2.29. The predicted octanol–water partition coefficient (Wildman–Crippen LogP) is 6.71. The van der Waals surface area contributed by atoms with Crippen LogP contribution in [0.15, 0.2) is 96.1 Å². The molecular formula is C22H17ClN4S. The molecule has 0 bridgehead atoms. The third-order valence-corrected chi connectivity index (χ3v) is 5.23. The smallest absolute Gasteiger partial charge is 0.189 e. The fourth-order valence-corrected chi connectivity index (χ4v) is 3.67. The van der Waals surface area contributed by atoms with Gasteiger partial charge in [0, 0.05) is 5.69 Å². The molecule has 4 aromatic rings. The molecule has 0 spiro atoms. The topological polar surface area (TPSA) is 40.5 Å². The van der Waals surface area contributed by atoms with Crippen LogP contribution in [0, 0.1) is 0 Å². The van der Waals surface area contributed by atoms with Crippen LogP contribution in [0.1, 0.15) is 4.88 Å². The second-order valence-corrected chi connectivity index (χ2v) is 7.28. The van der Waals surface area contributed by atoms with Gasteiger partial charge in [0.1, 0.15) is 0 Å². The Kier molecular flexibility index (Phi) is 5.66. The van der Waals surface area contributed by atoms with Gasteiger partial charge < -0.3 is 5.32 Å². The van der Waals surface area contributed by atoms with Crippen LogP contribution in [0.4, 0.5) is 22.2 Å². The van der Waals surface area contributed by atoms with Crippen LogP contribution in [-0.2, 0) is 0 Å². The first-order valence-corrected chi connectivity index (χ1v) is 9.92. The summed E-state index contributed by atoms with van der Waals surface area (Å²) >= 11 is 7.79. The largest absolute Gasteiger partial charge is 0.331 e. The lowest BCUT2D eigenvalue weighted by Gasteiger charge is -2.18. The quantitative estimate of drug-likeness (QED) is 0.286. The summed E-state index contributed by atoms with van der Waals surface area (Å²) < 4.78 is 0. The summed E-state index contributed by atoms with van der Waals surface area (Å²) in [6.07, 6.45) is 1.75. The molecule has 3 aromatic carbocycles. The van der Waals surface area contributed by atoms with E-state index in [2.05, 4.69) is 15.4 Å². The third kappa shape index (κ3) is 4.39. The highest BCUT2D eigenvalue weighted by atomic mass is 35.5. The minimum atomic E-state index is 0.424. The van der Waals surface area contributed by atoms with E-state index in [1.54, 1.807) is 6.21 Å². The van der Waals surface area contributed by atoms with E-state index in [0.717, 1.165) is 27.1 Å². The average Bonchev–Trinajstić information content (AvgIpc) is 3.09. The van der Waals surface area contributed by atoms with E-state index in [1.807, 2.05) is 96.0 Å². The van der Waals surface area contributed by atoms with Crippen molar-refractivity contribution in [3.8, 4) is 0 Å². The number of hydrazone groups is 1. The van der Waals surface area contributed by atoms with Gasteiger partial charge in [-0.05, 0) is 36.4 Å². The second-order valence-electron chi connectivity index (χ2n) is 5.89. The van der Waals surface area contributed by atoms with E-state index in [0.29, 0.717) is 5.15 Å². The van der Waals surface area contributed by atoms with Crippen LogP contribution >= 0.6 is 22.9 Å². The summed E-state index contributed by atoms with van der Waals surface area (Å²) in [5.74, 6) is 0. The predicted molar refractivity (Wildman–Crippen MR) is 119 cm³/mol. The number of hydrogen-bond donors (Lipinski definition) is 1. The molecule has 1 heterocycles. The second kappa shape index (κ2) is 8.69. The highest BCUT2D eigenvalue weighted by Gasteiger charge is 2.10. The molecule has 138 valence electrons. The van der Waals surface area contributed by atoms with Gasteiger partial charge in [-0.2, -0.15) is 5.10 Å². The van der Waals surface area contributed by atoms with Crippen molar-refractivity contribution < 1.29 is 0 Å². The molecule has 4 nitrogen and oxygen atoms in total. The zero-order valence-corrected chi connectivity index (χ0v) is 16.4. The summed E-state index contributed by atoms with van der Waals surface area (Å²) in [4.78, 5) is 5.18. The summed E-state index contributed by atoms with van der Waals surface area (Å²) in [6.45, 7) is 0. The van der Waals surface area contributed by atoms with Gasteiger partial charge in [-0.1, -0.05) is 77.5 Å². The molecule has 0 aliphatic carbocycles. The molecule has 0 saturated carbocycles. The highest BCUT2D eigenvalue weighted by molar-refractivity contribution is 7.17. The van der Waals surface area contributed by atoms with E-state index in [-0.39, 0.29) is 0 Å². The van der Waals surface area contributed by atoms with Gasteiger partial charge in [-0.25, -0.2) is 9.99 Å². The van der Waals surface area contributed by atoms with Crippen LogP contribution in [-0.4, -0.2) is 11.2 Å².